The monoisotopic (exact) mass is 692 g/mol. The summed E-state index contributed by atoms with van der Waals surface area (Å²) >= 11 is 0. The molecular weight excluding hydrogens is 636 g/mol. The zero-order valence-electron chi connectivity index (χ0n) is 30.5. The molecule has 12 heteroatoms. The number of piperidine rings is 1. The maximum atomic E-state index is 14.7. The van der Waals surface area contributed by atoms with Gasteiger partial charge < -0.3 is 29.5 Å². The first kappa shape index (κ1) is 36.1. The van der Waals surface area contributed by atoms with E-state index >= 15 is 0 Å². The van der Waals surface area contributed by atoms with E-state index in [4.69, 9.17) is 14.5 Å². The minimum Gasteiger partial charge on any atom is -0.481 e. The molecule has 0 bridgehead atoms. The largest absolute Gasteiger partial charge is 0.481 e. The fourth-order valence-corrected chi connectivity index (χ4v) is 7.94. The molecular formula is C38H56N6O6. The SMILES string of the molecule is C=C[C@@H]1C[C@]1(CC(=O)[C@@H]1CN(c2cc(OC)nc(N3CCCCC3)n2)CN1C(=O)[C@@H](CC(=O)OC1CCCC1)C(C)(C)C)C(=O)NCC1CC1. The zero-order chi connectivity index (χ0) is 35.6. The Balaban J connectivity index is 1.28. The van der Waals surface area contributed by atoms with E-state index in [0.717, 1.165) is 70.9 Å². The van der Waals surface area contributed by atoms with Crippen molar-refractivity contribution >= 4 is 35.3 Å². The molecule has 2 saturated heterocycles. The number of carbonyl (C=O) groups is 4. The van der Waals surface area contributed by atoms with E-state index in [2.05, 4.69) is 21.8 Å². The van der Waals surface area contributed by atoms with E-state index in [1.807, 2.05) is 25.7 Å². The van der Waals surface area contributed by atoms with Gasteiger partial charge in [0.15, 0.2) is 5.78 Å². The molecule has 5 aliphatic rings. The van der Waals surface area contributed by atoms with Crippen LogP contribution in [0.2, 0.25) is 0 Å². The number of Topliss-reactive ketones (excluding diaryl/α,β-unsaturated/α-hetero) is 1. The number of ether oxygens (including phenoxy) is 2. The number of ketones is 1. The second kappa shape index (κ2) is 14.9. The Morgan fingerprint density at radius 3 is 2.38 bits per heavy atom. The number of hydrogen-bond acceptors (Lipinski definition) is 10. The quantitative estimate of drug-likeness (QED) is 0.217. The van der Waals surface area contributed by atoms with Gasteiger partial charge in [0.05, 0.1) is 31.5 Å². The van der Waals surface area contributed by atoms with Crippen molar-refractivity contribution in [2.75, 3.05) is 49.8 Å². The number of carbonyl (C=O) groups excluding carboxylic acids is 4. The summed E-state index contributed by atoms with van der Waals surface area (Å²) in [5.74, 6) is 0.289. The van der Waals surface area contributed by atoms with Crippen LogP contribution in [0.4, 0.5) is 11.8 Å². The highest BCUT2D eigenvalue weighted by Crippen LogP contribution is 2.57. The van der Waals surface area contributed by atoms with Crippen LogP contribution in [0.25, 0.3) is 0 Å². The number of methoxy groups -OCH3 is 1. The second-order valence-corrected chi connectivity index (χ2v) is 16.3. The van der Waals surface area contributed by atoms with Gasteiger partial charge in [-0.25, -0.2) is 0 Å². The van der Waals surface area contributed by atoms with Gasteiger partial charge in [-0.3, -0.25) is 19.2 Å². The van der Waals surface area contributed by atoms with Crippen LogP contribution in [0.15, 0.2) is 18.7 Å². The van der Waals surface area contributed by atoms with E-state index in [-0.39, 0.29) is 61.6 Å². The zero-order valence-corrected chi connectivity index (χ0v) is 30.5. The molecule has 3 aliphatic carbocycles. The summed E-state index contributed by atoms with van der Waals surface area (Å²) in [5.41, 5.74) is -1.44. The van der Waals surface area contributed by atoms with Crippen molar-refractivity contribution in [3.8, 4) is 5.88 Å². The molecule has 3 saturated carbocycles. The van der Waals surface area contributed by atoms with Crippen LogP contribution >= 0.6 is 0 Å². The number of nitrogens with one attached hydrogen (secondary N) is 1. The van der Waals surface area contributed by atoms with Gasteiger partial charge in [-0.05, 0) is 81.5 Å². The lowest BCUT2D eigenvalue weighted by atomic mass is 9.77. The van der Waals surface area contributed by atoms with E-state index in [9.17, 15) is 19.2 Å². The van der Waals surface area contributed by atoms with Crippen molar-refractivity contribution in [2.45, 2.75) is 110 Å². The molecule has 4 atom stereocenters. The standard InChI is InChI=1S/C38H56N6O6/c1-6-26-20-38(26,35(48)39-22-25-14-15-25)21-30(45)29-23-43(31-19-32(49-5)41-36(40-31)42-16-10-7-11-17-42)24-44(29)34(47)28(37(2,3)4)18-33(46)50-27-12-8-9-13-27/h6,19,25-29H,1,7-18,20-24H2,2-5H3,(H,39,48)/t26-,28-,29+,38-/m1/s1. The van der Waals surface area contributed by atoms with E-state index in [0.29, 0.717) is 36.5 Å². The smallest absolute Gasteiger partial charge is 0.306 e. The normalized spacial score (nSPS) is 26.0. The third-order valence-electron chi connectivity index (χ3n) is 11.5. The molecule has 0 radical (unpaired) electrons. The van der Waals surface area contributed by atoms with Crippen LogP contribution in [0.5, 0.6) is 5.88 Å². The summed E-state index contributed by atoms with van der Waals surface area (Å²) in [4.78, 5) is 71.2. The summed E-state index contributed by atoms with van der Waals surface area (Å²) in [6, 6.07) is 0.904. The Bertz CT molecular complexity index is 1450. The van der Waals surface area contributed by atoms with Crippen LogP contribution in [0.3, 0.4) is 0 Å². The summed E-state index contributed by atoms with van der Waals surface area (Å²) in [7, 11) is 1.57. The van der Waals surface area contributed by atoms with E-state index < -0.39 is 22.8 Å². The molecule has 6 rings (SSSR count). The second-order valence-electron chi connectivity index (χ2n) is 16.3. The van der Waals surface area contributed by atoms with E-state index in [1.54, 1.807) is 24.2 Å². The summed E-state index contributed by atoms with van der Waals surface area (Å²) in [5, 5.41) is 3.10. The van der Waals surface area contributed by atoms with Crippen LogP contribution in [0.1, 0.15) is 97.8 Å². The fourth-order valence-electron chi connectivity index (χ4n) is 7.94. The first-order chi connectivity index (χ1) is 23.9. The molecule has 5 fully saturated rings. The average molecular weight is 693 g/mol. The highest BCUT2D eigenvalue weighted by Gasteiger charge is 2.60. The Morgan fingerprint density at radius 2 is 1.76 bits per heavy atom. The molecule has 0 unspecified atom stereocenters. The van der Waals surface area contributed by atoms with Gasteiger partial charge in [0, 0.05) is 38.7 Å². The van der Waals surface area contributed by atoms with Gasteiger partial charge in [-0.15, -0.1) is 6.58 Å². The minimum atomic E-state index is -0.857. The molecule has 2 amide bonds. The molecule has 2 aliphatic heterocycles. The molecule has 274 valence electrons. The molecule has 1 aromatic heterocycles. The van der Waals surface area contributed by atoms with Crippen LogP contribution in [0, 0.1) is 28.6 Å². The predicted molar refractivity (Wildman–Crippen MR) is 189 cm³/mol. The van der Waals surface area contributed by atoms with Crippen LogP contribution < -0.4 is 19.9 Å². The predicted octanol–water partition coefficient (Wildman–Crippen LogP) is 4.67. The minimum absolute atomic E-state index is 0.0124. The number of hydrogen-bond donors (Lipinski definition) is 1. The van der Waals surface area contributed by atoms with Crippen molar-refractivity contribution in [1.82, 2.24) is 20.2 Å². The summed E-state index contributed by atoms with van der Waals surface area (Å²) in [6.07, 6.45) is 11.4. The Kier molecular flexibility index (Phi) is 10.7. The third-order valence-corrected chi connectivity index (χ3v) is 11.5. The summed E-state index contributed by atoms with van der Waals surface area (Å²) < 4.78 is 11.4. The molecule has 3 heterocycles. The van der Waals surface area contributed by atoms with Crippen molar-refractivity contribution in [1.29, 1.82) is 0 Å². The molecule has 12 nitrogen and oxygen atoms in total. The number of esters is 1. The van der Waals surface area contributed by atoms with Gasteiger partial charge in [-0.2, -0.15) is 9.97 Å². The highest BCUT2D eigenvalue weighted by atomic mass is 16.5. The van der Waals surface area contributed by atoms with Gasteiger partial charge >= 0.3 is 5.97 Å². The highest BCUT2D eigenvalue weighted by molar-refractivity contribution is 5.97. The third kappa shape index (κ3) is 8.09. The van der Waals surface area contributed by atoms with Gasteiger partial charge in [0.2, 0.25) is 23.6 Å². The molecule has 1 aromatic rings. The number of amides is 2. The Hall–Kier alpha value is -3.70. The van der Waals surface area contributed by atoms with Crippen LogP contribution in [-0.4, -0.2) is 90.5 Å². The Labute approximate surface area is 296 Å². The number of nitrogens with zero attached hydrogens (tertiary/aromatic N) is 5. The summed E-state index contributed by atoms with van der Waals surface area (Å²) in [6.45, 7) is 12.4. The van der Waals surface area contributed by atoms with Crippen molar-refractivity contribution in [3.63, 3.8) is 0 Å². The van der Waals surface area contributed by atoms with Gasteiger partial charge in [0.1, 0.15) is 18.0 Å². The van der Waals surface area contributed by atoms with Crippen molar-refractivity contribution in [2.24, 2.45) is 28.6 Å². The Morgan fingerprint density at radius 1 is 1.04 bits per heavy atom. The molecule has 1 N–H and O–H groups in total. The fraction of sp³-hybridized carbons (Fsp3) is 0.737. The topological polar surface area (TPSA) is 134 Å². The number of rotatable bonds is 14. The van der Waals surface area contributed by atoms with E-state index in [1.165, 1.54) is 0 Å². The van der Waals surface area contributed by atoms with Gasteiger partial charge in [-0.1, -0.05) is 26.8 Å². The first-order valence-corrected chi connectivity index (χ1v) is 18.8. The lowest BCUT2D eigenvalue weighted by Gasteiger charge is -2.34. The maximum Gasteiger partial charge on any atom is 0.306 e. The number of anilines is 2. The first-order valence-electron chi connectivity index (χ1n) is 18.8. The maximum absolute atomic E-state index is 14.7. The lowest BCUT2D eigenvalue weighted by Crippen LogP contribution is -2.49. The molecule has 50 heavy (non-hydrogen) atoms. The van der Waals surface area contributed by atoms with Crippen LogP contribution in [-0.2, 0) is 23.9 Å². The van der Waals surface area contributed by atoms with Gasteiger partial charge in [0.25, 0.3) is 0 Å². The number of aromatic nitrogens is 2. The van der Waals surface area contributed by atoms with Crippen molar-refractivity contribution < 1.29 is 28.7 Å². The number of allylic oxidation sites excluding steroid dienone is 1. The molecule has 0 aromatic carbocycles. The van der Waals surface area contributed by atoms with Crippen molar-refractivity contribution in [3.05, 3.63) is 18.7 Å². The molecule has 0 spiro atoms. The average Bonchev–Trinajstić information content (AvgIpc) is 3.95. The lowest BCUT2D eigenvalue weighted by molar-refractivity contribution is -0.156.